The fraction of sp³-hybridized carbons (Fsp3) is 0.259. The number of carboxylic acids is 1. The lowest BCUT2D eigenvalue weighted by atomic mass is 9.74. The summed E-state index contributed by atoms with van der Waals surface area (Å²) < 4.78 is 0. The fourth-order valence-electron chi connectivity index (χ4n) is 4.68. The predicted molar refractivity (Wildman–Crippen MR) is 128 cm³/mol. The van der Waals surface area contributed by atoms with E-state index in [1.54, 1.807) is 23.1 Å². The van der Waals surface area contributed by atoms with Crippen molar-refractivity contribution >= 4 is 34.9 Å². The van der Waals surface area contributed by atoms with Crippen LogP contribution in [-0.4, -0.2) is 17.0 Å². The van der Waals surface area contributed by atoms with Gasteiger partial charge in [-0.25, -0.2) is 4.79 Å². The maximum atomic E-state index is 14.0. The minimum absolute atomic E-state index is 0.00622. The van der Waals surface area contributed by atoms with Gasteiger partial charge >= 0.3 is 5.97 Å². The highest BCUT2D eigenvalue weighted by Crippen LogP contribution is 2.50. The molecule has 0 radical (unpaired) electrons. The molecule has 0 bridgehead atoms. The Morgan fingerprint density at radius 3 is 2.38 bits per heavy atom. The van der Waals surface area contributed by atoms with Gasteiger partial charge in [-0.3, -0.25) is 9.69 Å². The fourth-order valence-corrected chi connectivity index (χ4v) is 4.85. The average Bonchev–Trinajstić information content (AvgIpc) is 2.95. The number of amides is 1. The van der Waals surface area contributed by atoms with Gasteiger partial charge in [0.1, 0.15) is 0 Å². The molecule has 164 valence electrons. The zero-order valence-corrected chi connectivity index (χ0v) is 19.6. The van der Waals surface area contributed by atoms with Crippen molar-refractivity contribution in [2.45, 2.75) is 45.4 Å². The molecule has 5 heteroatoms. The Morgan fingerprint density at radius 1 is 1.03 bits per heavy atom. The molecule has 1 atom stereocenters. The third-order valence-corrected chi connectivity index (χ3v) is 6.57. The number of carbonyl (C=O) groups is 2. The smallest absolute Gasteiger partial charge is 0.335 e. The second-order valence-corrected chi connectivity index (χ2v) is 10.00. The Hall–Kier alpha value is -3.11. The van der Waals surface area contributed by atoms with Crippen molar-refractivity contribution in [1.82, 2.24) is 0 Å². The van der Waals surface area contributed by atoms with Gasteiger partial charge in [-0.1, -0.05) is 56.6 Å². The van der Waals surface area contributed by atoms with Gasteiger partial charge < -0.3 is 5.11 Å². The Balaban J connectivity index is 1.92. The molecule has 0 fully saturated rings. The van der Waals surface area contributed by atoms with Gasteiger partial charge in [0.15, 0.2) is 0 Å². The molecule has 0 aromatic heterocycles. The normalized spacial score (nSPS) is 18.1. The van der Waals surface area contributed by atoms with E-state index in [1.165, 1.54) is 17.7 Å². The van der Waals surface area contributed by atoms with Gasteiger partial charge in [-0.15, -0.1) is 0 Å². The monoisotopic (exact) mass is 447 g/mol. The molecule has 0 saturated carbocycles. The number of aryl methyl sites for hydroxylation is 1. The number of aromatic carboxylic acids is 1. The molecule has 3 aromatic carbocycles. The largest absolute Gasteiger partial charge is 0.478 e. The van der Waals surface area contributed by atoms with E-state index < -0.39 is 11.4 Å². The molecular weight excluding hydrogens is 422 g/mol. The van der Waals surface area contributed by atoms with Crippen LogP contribution >= 0.6 is 11.6 Å². The Labute approximate surface area is 193 Å². The lowest BCUT2D eigenvalue weighted by Crippen LogP contribution is -2.37. The van der Waals surface area contributed by atoms with Crippen molar-refractivity contribution in [3.63, 3.8) is 0 Å². The number of anilines is 2. The highest BCUT2D eigenvalue weighted by molar-refractivity contribution is 6.31. The molecule has 0 saturated heterocycles. The summed E-state index contributed by atoms with van der Waals surface area (Å²) in [6.07, 6.45) is 0. The number of rotatable bonds is 3. The lowest BCUT2D eigenvalue weighted by molar-refractivity contribution is -0.120. The van der Waals surface area contributed by atoms with Crippen LogP contribution in [0.25, 0.3) is 0 Å². The SMILES string of the molecule is Cc1cc(C2(C)C(=O)N(c3cccc(C(=O)O)c3)c3ccc(Cl)cc32)ccc1C(C)(C)C. The third kappa shape index (κ3) is 3.39. The number of fused-ring (bicyclic) bond motifs is 1. The number of benzene rings is 3. The first-order valence-corrected chi connectivity index (χ1v) is 10.9. The number of hydrogen-bond donors (Lipinski definition) is 1. The van der Waals surface area contributed by atoms with E-state index in [1.807, 2.05) is 25.1 Å². The highest BCUT2D eigenvalue weighted by atomic mass is 35.5. The molecule has 4 nitrogen and oxygen atoms in total. The molecule has 1 N–H and O–H groups in total. The van der Waals surface area contributed by atoms with E-state index in [0.717, 1.165) is 16.7 Å². The summed E-state index contributed by atoms with van der Waals surface area (Å²) in [6.45, 7) is 10.5. The third-order valence-electron chi connectivity index (χ3n) is 6.33. The number of nitrogens with zero attached hydrogens (tertiary/aromatic N) is 1. The second-order valence-electron chi connectivity index (χ2n) is 9.56. The first-order chi connectivity index (χ1) is 14.9. The first kappa shape index (κ1) is 22.1. The summed E-state index contributed by atoms with van der Waals surface area (Å²) in [5.41, 5.74) is 4.43. The zero-order chi connectivity index (χ0) is 23.4. The van der Waals surface area contributed by atoms with E-state index in [-0.39, 0.29) is 16.9 Å². The molecule has 3 aromatic rings. The van der Waals surface area contributed by atoms with Gasteiger partial charge in [0, 0.05) is 10.7 Å². The summed E-state index contributed by atoms with van der Waals surface area (Å²) in [5.74, 6) is -1.17. The molecule has 4 rings (SSSR count). The number of carboxylic acid groups (broad SMARTS) is 1. The molecule has 1 unspecified atom stereocenters. The molecule has 0 aliphatic carbocycles. The van der Waals surface area contributed by atoms with Crippen molar-refractivity contribution < 1.29 is 14.7 Å². The summed E-state index contributed by atoms with van der Waals surface area (Å²) in [6, 6.07) is 18.1. The van der Waals surface area contributed by atoms with Crippen LogP contribution in [0.1, 0.15) is 60.3 Å². The van der Waals surface area contributed by atoms with E-state index in [9.17, 15) is 14.7 Å². The minimum Gasteiger partial charge on any atom is -0.478 e. The number of halogens is 1. The van der Waals surface area contributed by atoms with Crippen LogP contribution in [-0.2, 0) is 15.6 Å². The average molecular weight is 448 g/mol. The molecule has 1 aliphatic rings. The lowest BCUT2D eigenvalue weighted by Gasteiger charge is -2.28. The van der Waals surface area contributed by atoms with Crippen molar-refractivity contribution in [1.29, 1.82) is 0 Å². The van der Waals surface area contributed by atoms with Gasteiger partial charge in [0.25, 0.3) is 0 Å². The van der Waals surface area contributed by atoms with Crippen LogP contribution in [0.4, 0.5) is 11.4 Å². The van der Waals surface area contributed by atoms with Gasteiger partial charge in [0.2, 0.25) is 5.91 Å². The van der Waals surface area contributed by atoms with E-state index in [2.05, 4.69) is 39.8 Å². The summed E-state index contributed by atoms with van der Waals surface area (Å²) in [4.78, 5) is 27.1. The molecule has 0 spiro atoms. The second kappa shape index (κ2) is 7.49. The van der Waals surface area contributed by atoms with Crippen molar-refractivity contribution in [2.75, 3.05) is 4.90 Å². The topological polar surface area (TPSA) is 57.6 Å². The summed E-state index contributed by atoms with van der Waals surface area (Å²) >= 11 is 6.36. The Bertz CT molecular complexity index is 1260. The Morgan fingerprint density at radius 2 is 1.75 bits per heavy atom. The van der Waals surface area contributed by atoms with Crippen LogP contribution in [0.5, 0.6) is 0 Å². The van der Waals surface area contributed by atoms with Crippen LogP contribution < -0.4 is 4.90 Å². The summed E-state index contributed by atoms with van der Waals surface area (Å²) in [5, 5.41) is 9.98. The maximum Gasteiger partial charge on any atom is 0.335 e. The van der Waals surface area contributed by atoms with Gasteiger partial charge in [-0.05, 0) is 77.9 Å². The van der Waals surface area contributed by atoms with Crippen molar-refractivity contribution in [2.24, 2.45) is 0 Å². The predicted octanol–water partition coefficient (Wildman–Crippen LogP) is 6.63. The van der Waals surface area contributed by atoms with Crippen molar-refractivity contribution in [3.8, 4) is 0 Å². The molecule has 32 heavy (non-hydrogen) atoms. The van der Waals surface area contributed by atoms with E-state index in [0.29, 0.717) is 16.4 Å². The Kier molecular flexibility index (Phi) is 5.17. The summed E-state index contributed by atoms with van der Waals surface area (Å²) in [7, 11) is 0. The van der Waals surface area contributed by atoms with E-state index >= 15 is 0 Å². The van der Waals surface area contributed by atoms with Crippen LogP contribution in [0.3, 0.4) is 0 Å². The molecule has 1 heterocycles. The van der Waals surface area contributed by atoms with Gasteiger partial charge in [-0.2, -0.15) is 0 Å². The molecular formula is C27H26ClNO3. The first-order valence-electron chi connectivity index (χ1n) is 10.5. The van der Waals surface area contributed by atoms with Crippen LogP contribution in [0, 0.1) is 6.92 Å². The van der Waals surface area contributed by atoms with Crippen LogP contribution in [0.15, 0.2) is 60.7 Å². The number of carbonyl (C=O) groups excluding carboxylic acids is 1. The maximum absolute atomic E-state index is 14.0. The van der Waals surface area contributed by atoms with Gasteiger partial charge in [0.05, 0.1) is 16.7 Å². The highest BCUT2D eigenvalue weighted by Gasteiger charge is 2.49. The van der Waals surface area contributed by atoms with Crippen LogP contribution in [0.2, 0.25) is 5.02 Å². The zero-order valence-electron chi connectivity index (χ0n) is 18.9. The molecule has 1 aliphatic heterocycles. The van der Waals surface area contributed by atoms with E-state index in [4.69, 9.17) is 11.6 Å². The molecule has 1 amide bonds. The number of hydrogen-bond acceptors (Lipinski definition) is 2. The standard InChI is InChI=1S/C27H26ClNO3/c1-16-13-18(9-11-21(16)26(2,3)4)27(5)22-15-19(28)10-12-23(22)29(25(27)32)20-8-6-7-17(14-20)24(30)31/h6-15H,1-5H3,(H,30,31). The quantitative estimate of drug-likeness (QED) is 0.490. The minimum atomic E-state index is -1.04. The van der Waals surface area contributed by atoms with Crippen molar-refractivity contribution in [3.05, 3.63) is 93.5 Å².